The predicted octanol–water partition coefficient (Wildman–Crippen LogP) is 1.04. The summed E-state index contributed by atoms with van der Waals surface area (Å²) in [4.78, 5) is 6.18. The molecule has 1 aromatic rings. The highest BCUT2D eigenvalue weighted by atomic mass is 15.1. The van der Waals surface area contributed by atoms with Crippen molar-refractivity contribution in [1.82, 2.24) is 4.98 Å². The summed E-state index contributed by atoms with van der Waals surface area (Å²) in [5, 5.41) is 0. The highest BCUT2D eigenvalue weighted by Gasteiger charge is 2.01. The molecule has 11 heavy (non-hydrogen) atoms. The maximum atomic E-state index is 5.69. The van der Waals surface area contributed by atoms with Crippen LogP contribution in [0.4, 0.5) is 11.5 Å². The van der Waals surface area contributed by atoms with E-state index in [1.165, 1.54) is 0 Å². The number of hydrogen-bond acceptors (Lipinski definition) is 3. The van der Waals surface area contributed by atoms with Gasteiger partial charge in [0.15, 0.2) is 5.82 Å². The fourth-order valence-electron chi connectivity index (χ4n) is 0.912. The van der Waals surface area contributed by atoms with Crippen molar-refractivity contribution < 1.29 is 0 Å². The van der Waals surface area contributed by atoms with Crippen molar-refractivity contribution in [2.75, 3.05) is 24.7 Å². The van der Waals surface area contributed by atoms with Crippen molar-refractivity contribution in [3.8, 4) is 0 Å². The molecule has 3 heteroatoms. The fraction of sp³-hybridized carbons (Fsp3) is 0.375. The second-order valence-electron chi connectivity index (χ2n) is 2.76. The van der Waals surface area contributed by atoms with E-state index >= 15 is 0 Å². The number of aromatic nitrogens is 1. The van der Waals surface area contributed by atoms with Gasteiger partial charge in [-0.2, -0.15) is 0 Å². The molecule has 1 heterocycles. The molecule has 0 saturated heterocycles. The average Bonchev–Trinajstić information content (AvgIpc) is 1.94. The summed E-state index contributed by atoms with van der Waals surface area (Å²) in [5.74, 6) is 0.838. The number of pyridine rings is 1. The monoisotopic (exact) mass is 151 g/mol. The molecule has 60 valence electrons. The normalized spacial score (nSPS) is 9.73. The molecule has 0 aliphatic carbocycles. The summed E-state index contributed by atoms with van der Waals surface area (Å²) in [5.41, 5.74) is 7.40. The van der Waals surface area contributed by atoms with Crippen molar-refractivity contribution in [2.24, 2.45) is 0 Å². The summed E-state index contributed by atoms with van der Waals surface area (Å²) in [6, 6.07) is 3.78. The Hall–Kier alpha value is -1.25. The van der Waals surface area contributed by atoms with Crippen molar-refractivity contribution in [2.45, 2.75) is 6.92 Å². The Balaban J connectivity index is 3.13. The second kappa shape index (κ2) is 2.78. The Bertz CT molecular complexity index is 256. The zero-order chi connectivity index (χ0) is 8.43. The van der Waals surface area contributed by atoms with E-state index in [0.717, 1.165) is 17.2 Å². The highest BCUT2D eigenvalue weighted by Crippen LogP contribution is 2.17. The predicted molar refractivity (Wildman–Crippen MR) is 47.7 cm³/mol. The molecule has 0 radical (unpaired) electrons. The molecule has 0 unspecified atom stereocenters. The van der Waals surface area contributed by atoms with Crippen LogP contribution in [0.15, 0.2) is 12.1 Å². The van der Waals surface area contributed by atoms with E-state index in [9.17, 15) is 0 Å². The van der Waals surface area contributed by atoms with Gasteiger partial charge in [-0.05, 0) is 19.1 Å². The minimum Gasteiger partial charge on any atom is -0.396 e. The molecule has 0 amide bonds. The van der Waals surface area contributed by atoms with E-state index in [-0.39, 0.29) is 0 Å². The number of rotatable bonds is 1. The lowest BCUT2D eigenvalue weighted by Crippen LogP contribution is -2.13. The molecule has 1 rings (SSSR count). The van der Waals surface area contributed by atoms with E-state index in [2.05, 4.69) is 4.98 Å². The van der Waals surface area contributed by atoms with Crippen LogP contribution in [0.3, 0.4) is 0 Å². The number of nitrogens with zero attached hydrogens (tertiary/aromatic N) is 2. The van der Waals surface area contributed by atoms with Gasteiger partial charge >= 0.3 is 0 Å². The van der Waals surface area contributed by atoms with Crippen LogP contribution in [0.1, 0.15) is 5.69 Å². The van der Waals surface area contributed by atoms with Gasteiger partial charge in [0.05, 0.1) is 5.69 Å². The lowest BCUT2D eigenvalue weighted by molar-refractivity contribution is 1.05. The molecular weight excluding hydrogens is 138 g/mol. The lowest BCUT2D eigenvalue weighted by Gasteiger charge is -2.13. The molecule has 2 N–H and O–H groups in total. The largest absolute Gasteiger partial charge is 0.396 e. The summed E-state index contributed by atoms with van der Waals surface area (Å²) in [6.07, 6.45) is 0. The second-order valence-corrected chi connectivity index (χ2v) is 2.76. The van der Waals surface area contributed by atoms with Gasteiger partial charge < -0.3 is 10.6 Å². The summed E-state index contributed by atoms with van der Waals surface area (Å²) < 4.78 is 0. The van der Waals surface area contributed by atoms with Crippen molar-refractivity contribution in [3.05, 3.63) is 17.8 Å². The number of nitrogens with two attached hydrogens (primary N) is 1. The molecule has 0 spiro atoms. The van der Waals surface area contributed by atoms with Crippen LogP contribution in [-0.4, -0.2) is 19.1 Å². The highest BCUT2D eigenvalue weighted by molar-refractivity contribution is 5.61. The first-order chi connectivity index (χ1) is 5.11. The molecule has 3 nitrogen and oxygen atoms in total. The third kappa shape index (κ3) is 1.61. The first kappa shape index (κ1) is 7.85. The fourth-order valence-corrected chi connectivity index (χ4v) is 0.912. The molecule has 0 aliphatic heterocycles. The molecule has 0 atom stereocenters. The van der Waals surface area contributed by atoms with E-state index < -0.39 is 0 Å². The summed E-state index contributed by atoms with van der Waals surface area (Å²) in [6.45, 7) is 1.95. The zero-order valence-electron chi connectivity index (χ0n) is 7.13. The topological polar surface area (TPSA) is 42.1 Å². The van der Waals surface area contributed by atoms with Gasteiger partial charge in [0.25, 0.3) is 0 Å². The smallest absolute Gasteiger partial charge is 0.151 e. The quantitative estimate of drug-likeness (QED) is 0.652. The third-order valence-corrected chi connectivity index (χ3v) is 1.47. The van der Waals surface area contributed by atoms with Crippen LogP contribution in [0.5, 0.6) is 0 Å². The number of anilines is 2. The number of hydrogen-bond donors (Lipinski definition) is 1. The van der Waals surface area contributed by atoms with E-state index in [0.29, 0.717) is 0 Å². The van der Waals surface area contributed by atoms with Gasteiger partial charge in [-0.25, -0.2) is 4.98 Å². The first-order valence-electron chi connectivity index (χ1n) is 3.51. The lowest BCUT2D eigenvalue weighted by atomic mass is 10.3. The third-order valence-electron chi connectivity index (χ3n) is 1.47. The first-order valence-corrected chi connectivity index (χ1v) is 3.51. The van der Waals surface area contributed by atoms with Gasteiger partial charge in [0.2, 0.25) is 0 Å². The Kier molecular flexibility index (Phi) is 1.98. The molecule has 0 fully saturated rings. The maximum absolute atomic E-state index is 5.69. The van der Waals surface area contributed by atoms with Crippen LogP contribution in [0.2, 0.25) is 0 Å². The molecule has 0 saturated carbocycles. The van der Waals surface area contributed by atoms with Crippen LogP contribution in [0, 0.1) is 6.92 Å². The standard InChI is InChI=1S/C8H13N3/c1-6-4-5-7(9)8(10-6)11(2)3/h4-5H,9H2,1-3H3. The van der Waals surface area contributed by atoms with Crippen molar-refractivity contribution in [3.63, 3.8) is 0 Å². The summed E-state index contributed by atoms with van der Waals surface area (Å²) in [7, 11) is 3.86. The molecule has 0 bridgehead atoms. The minimum absolute atomic E-state index is 0.723. The molecule has 0 aliphatic rings. The Morgan fingerprint density at radius 1 is 1.36 bits per heavy atom. The minimum atomic E-state index is 0.723. The number of aryl methyl sites for hydroxylation is 1. The van der Waals surface area contributed by atoms with Gasteiger partial charge in [-0.15, -0.1) is 0 Å². The molecule has 1 aromatic heterocycles. The molecular formula is C8H13N3. The zero-order valence-corrected chi connectivity index (χ0v) is 7.13. The van der Waals surface area contributed by atoms with E-state index in [1.54, 1.807) is 0 Å². The van der Waals surface area contributed by atoms with Crippen molar-refractivity contribution >= 4 is 11.5 Å². The Morgan fingerprint density at radius 2 is 2.00 bits per heavy atom. The van der Waals surface area contributed by atoms with Gasteiger partial charge in [-0.3, -0.25) is 0 Å². The Morgan fingerprint density at radius 3 is 2.45 bits per heavy atom. The van der Waals surface area contributed by atoms with Gasteiger partial charge in [-0.1, -0.05) is 0 Å². The average molecular weight is 151 g/mol. The van der Waals surface area contributed by atoms with E-state index in [4.69, 9.17) is 5.73 Å². The number of nitrogen functional groups attached to an aromatic ring is 1. The van der Waals surface area contributed by atoms with Gasteiger partial charge in [0, 0.05) is 19.8 Å². The van der Waals surface area contributed by atoms with Crippen LogP contribution < -0.4 is 10.6 Å². The van der Waals surface area contributed by atoms with Crippen LogP contribution in [-0.2, 0) is 0 Å². The SMILES string of the molecule is Cc1ccc(N)c(N(C)C)n1. The van der Waals surface area contributed by atoms with Crippen LogP contribution in [0.25, 0.3) is 0 Å². The molecule has 0 aromatic carbocycles. The van der Waals surface area contributed by atoms with Crippen molar-refractivity contribution in [1.29, 1.82) is 0 Å². The van der Waals surface area contributed by atoms with E-state index in [1.807, 2.05) is 38.1 Å². The summed E-state index contributed by atoms with van der Waals surface area (Å²) >= 11 is 0. The maximum Gasteiger partial charge on any atom is 0.151 e. The van der Waals surface area contributed by atoms with Gasteiger partial charge in [0.1, 0.15) is 0 Å². The van der Waals surface area contributed by atoms with Crippen LogP contribution >= 0.6 is 0 Å². The Labute approximate surface area is 66.8 Å².